The Bertz CT molecular complexity index is 5110. The molecule has 8 heterocycles. The van der Waals surface area contributed by atoms with Crippen molar-refractivity contribution in [3.63, 3.8) is 0 Å². The number of carbonyl (C=O) groups is 9. The number of aliphatic hydroxyl groups excluding tert-OH is 14. The van der Waals surface area contributed by atoms with Gasteiger partial charge in [-0.15, -0.1) is 0 Å². The minimum absolute atomic E-state index is 0.0166. The van der Waals surface area contributed by atoms with E-state index in [0.717, 1.165) is 118 Å². The van der Waals surface area contributed by atoms with Crippen LogP contribution in [0.5, 0.6) is 46.0 Å². The van der Waals surface area contributed by atoms with Crippen LogP contribution in [0.15, 0.2) is 78.9 Å². The minimum atomic E-state index is -2.53. The highest BCUT2D eigenvalue weighted by Gasteiger charge is 2.57. The van der Waals surface area contributed by atoms with Crippen LogP contribution in [-0.2, 0) is 66.8 Å². The summed E-state index contributed by atoms with van der Waals surface area (Å²) in [5.74, 6) is -17.4. The fourth-order valence-electron chi connectivity index (χ4n) is 17.3. The van der Waals surface area contributed by atoms with E-state index in [-0.39, 0.29) is 53.6 Å². The van der Waals surface area contributed by atoms with Gasteiger partial charge in [0, 0.05) is 36.7 Å². The lowest BCUT2D eigenvalue weighted by atomic mass is 9.89. The average molecular weight is 2000 g/mol. The van der Waals surface area contributed by atoms with Gasteiger partial charge in [0.05, 0.1) is 48.4 Å². The molecule has 9 amide bonds. The highest BCUT2D eigenvalue weighted by molar-refractivity contribution is 6.32. The zero-order valence-electron chi connectivity index (χ0n) is 76.7. The highest BCUT2D eigenvalue weighted by Crippen LogP contribution is 2.51. The van der Waals surface area contributed by atoms with E-state index >= 15 is 28.8 Å². The molecule has 11 bridgehead atoms. The van der Waals surface area contributed by atoms with Crippen LogP contribution in [0.25, 0.3) is 11.1 Å². The molecule has 139 heavy (non-hydrogen) atoms. The predicted molar refractivity (Wildman–Crippen MR) is 487 cm³/mol. The number of benzene rings is 5. The van der Waals surface area contributed by atoms with Crippen molar-refractivity contribution < 1.29 is 168 Å². The lowest BCUT2D eigenvalue weighted by molar-refractivity contribution is -0.326. The molecule has 0 spiro atoms. The molecule has 0 aromatic heterocycles. The summed E-state index contributed by atoms with van der Waals surface area (Å²) in [6, 6.07) is -1.19. The van der Waals surface area contributed by atoms with Gasteiger partial charge in [-0.05, 0) is 128 Å². The molecule has 3 saturated heterocycles. The number of unbranched alkanes of at least 4 members (excludes halogenated alkanes) is 9. The summed E-state index contributed by atoms with van der Waals surface area (Å²) in [6.07, 6.45) is -27.6. The number of halogens is 2. The number of phenols is 3. The molecule has 45 nitrogen and oxygen atoms in total. The van der Waals surface area contributed by atoms with Crippen LogP contribution in [0.3, 0.4) is 0 Å². The van der Waals surface area contributed by atoms with Crippen molar-refractivity contribution in [3.05, 3.63) is 117 Å². The molecule has 8 aliphatic rings. The summed E-state index contributed by atoms with van der Waals surface area (Å²) in [4.78, 5) is 135. The fourth-order valence-corrected chi connectivity index (χ4v) is 17.8. The Hall–Kier alpha value is -10.1. The number of likely N-dealkylation sites (N-methyl/N-ethyl adjacent to an activating group) is 1. The van der Waals surface area contributed by atoms with Crippen LogP contribution in [0.4, 0.5) is 0 Å². The topological polar surface area (TPSA) is 718 Å². The number of carbonyl (C=O) groups excluding carboxylic acids is 9. The van der Waals surface area contributed by atoms with Crippen molar-refractivity contribution in [1.29, 1.82) is 0 Å². The maximum atomic E-state index is 16.5. The van der Waals surface area contributed by atoms with Crippen molar-refractivity contribution in [1.82, 2.24) is 53.2 Å². The zero-order valence-corrected chi connectivity index (χ0v) is 78.3. The molecule has 26 atom stereocenters. The summed E-state index contributed by atoms with van der Waals surface area (Å²) in [7, 11) is 1.46. The summed E-state index contributed by atoms with van der Waals surface area (Å²) in [5.41, 5.74) is 0.820. The molecule has 0 radical (unpaired) electrons. The zero-order chi connectivity index (χ0) is 101. The number of hydrogen-bond donors (Lipinski definition) is 28. The number of ether oxygens (including phenoxy) is 8. The van der Waals surface area contributed by atoms with Crippen molar-refractivity contribution >= 4 is 76.4 Å². The molecule has 47 heteroatoms. The Morgan fingerprint density at radius 2 is 1.17 bits per heavy atom. The largest absolute Gasteiger partial charge is 0.508 e. The molecule has 0 aliphatic carbocycles. The predicted octanol–water partition coefficient (Wildman–Crippen LogP) is -1.58. The van der Waals surface area contributed by atoms with Gasteiger partial charge in [0.2, 0.25) is 59.3 Å². The normalized spacial score (nSPS) is 28.0. The van der Waals surface area contributed by atoms with Crippen molar-refractivity contribution in [2.75, 3.05) is 46.5 Å². The van der Waals surface area contributed by atoms with Gasteiger partial charge in [0.1, 0.15) is 138 Å². The van der Waals surface area contributed by atoms with E-state index in [9.17, 15) is 101 Å². The smallest absolute Gasteiger partial charge is 0.251 e. The van der Waals surface area contributed by atoms with E-state index in [1.807, 2.05) is 0 Å². The number of nitrogens with two attached hydrogens (primary N) is 1. The average Bonchev–Trinajstić information content (AvgIpc) is 1.25. The van der Waals surface area contributed by atoms with Crippen molar-refractivity contribution in [2.45, 2.75) is 282 Å². The van der Waals surface area contributed by atoms with Gasteiger partial charge in [-0.25, -0.2) is 0 Å². The maximum Gasteiger partial charge on any atom is 0.251 e. The molecule has 8 aliphatic heterocycles. The standard InChI is InChI=1S/C92H125Cl2N11O34/c1-6-8-9-10-11-12-13-14-15-16-26-99-92(61(113)7-2)36-63(115)136-81-80(139-92)73(119)60(39-108)135-91(81)138-79-57-31-44-32-58(79)133-56-23-20-43(30-49(56)94)71(117)69-88(130)103-67(84(126)97-24-17-25-98-89(131)76(122)75(121)78(54(112)37-106)137-90-77(123)74(120)72(118)59(38-107)134-90)47-33-45(109)34-53(111)64(47)46-28-41(18-21-52(46)110)65(85(127)105-69)102-86(128)66(44)101-83(125)51(35-62(95)114)100-87(129)68(104-82(124)50(96-5)27-40(3)4)70(116)42-19-22-55(132-57)48(93)29-42/h18-23,28-34,40,50-51,54,59-61,63,65-78,80-81,90-91,96,99,106-113,115-123H,6-17,24-27,35-39H2,1-5H3,(H2,95,114)(H,97,126)(H,98,131)(H,100,129)(H,101,125)(H,102,128)(H,103,130)(H,104,124)(H,105,127)/t50-,51+,54-,59?,60-,61+,63+,65-,66-,67+,68-,69+,70-,71-,72?,73+,74?,75-,76-,77?,78-,80?,81?,90?,91-,92+/m1/s1. The van der Waals surface area contributed by atoms with Gasteiger partial charge in [0.25, 0.3) is 5.91 Å². The Morgan fingerprint density at radius 1 is 0.583 bits per heavy atom. The quantitative estimate of drug-likeness (QED) is 0.0199. The summed E-state index contributed by atoms with van der Waals surface area (Å²) in [6.45, 7) is 3.53. The van der Waals surface area contributed by atoms with E-state index in [4.69, 9.17) is 66.8 Å². The van der Waals surface area contributed by atoms with Crippen LogP contribution in [0.2, 0.25) is 10.0 Å². The third-order valence-corrected chi connectivity index (χ3v) is 25.6. The van der Waals surface area contributed by atoms with E-state index in [0.29, 0.717) is 6.42 Å². The Kier molecular flexibility index (Phi) is 38.9. The molecule has 13 rings (SSSR count). The van der Waals surface area contributed by atoms with Crippen LogP contribution < -0.4 is 73.1 Å². The molecule has 29 N–H and O–H groups in total. The Labute approximate surface area is 808 Å². The van der Waals surface area contributed by atoms with Crippen LogP contribution in [0.1, 0.15) is 182 Å². The summed E-state index contributed by atoms with van der Waals surface area (Å²) < 4.78 is 50.7. The van der Waals surface area contributed by atoms with E-state index in [1.165, 1.54) is 25.6 Å². The number of fused-ring (bicyclic) bond motifs is 16. The molecule has 5 aromatic rings. The first-order chi connectivity index (χ1) is 66.2. The van der Waals surface area contributed by atoms with Crippen LogP contribution in [0, 0.1) is 5.92 Å². The first-order valence-electron chi connectivity index (χ1n) is 46.1. The second-order valence-corrected chi connectivity index (χ2v) is 36.4. The van der Waals surface area contributed by atoms with Gasteiger partial charge in [-0.2, -0.15) is 0 Å². The van der Waals surface area contributed by atoms with E-state index < -0.39 is 330 Å². The van der Waals surface area contributed by atoms with Crippen molar-refractivity contribution in [3.8, 4) is 57.1 Å². The monoisotopic (exact) mass is 2000 g/mol. The third-order valence-electron chi connectivity index (χ3n) is 25.0. The van der Waals surface area contributed by atoms with Gasteiger partial charge in [0.15, 0.2) is 42.0 Å². The number of nitrogens with one attached hydrogen (secondary N) is 10. The SMILES string of the molecule is CCCCCCCCCCCCN[C@@]1([C@@H](O)CC)C[C@@H](O)OC2C(O1)[C@@H](O)[C@@H](CO)O[C@@H]2Oc1c2cc3cc1Oc1ccc(cc1Cl)[C@@H](O)[C@@H](NC(=O)[C@@H](CC(C)C)NC)C(=O)N[C@@H](CC(N)=O)C(=O)N[C@H]3C(=O)N[C@H]1C(=O)N[C@H](C(=O)N[C@H](C(=O)NCCCNC(=O)[C@H](O)[C@@H](O)[C@H](OC3OC(CO)C(O)C(O)C3O)[C@H](O)CO)c3cc(O)cc(O)c3-c3cc1ccc3O)[C@H](O)c1ccc(c(Cl)c1)O2. The third kappa shape index (κ3) is 26.4. The highest BCUT2D eigenvalue weighted by atomic mass is 35.5. The minimum Gasteiger partial charge on any atom is -0.508 e. The van der Waals surface area contributed by atoms with Gasteiger partial charge in [-0.3, -0.25) is 48.5 Å². The molecule has 766 valence electrons. The number of aliphatic hydroxyl groups is 14. The second-order valence-electron chi connectivity index (χ2n) is 35.5. The molecular weight excluding hydrogens is 1870 g/mol. The van der Waals surface area contributed by atoms with Gasteiger partial charge >= 0.3 is 0 Å². The lowest BCUT2D eigenvalue weighted by Crippen LogP contribution is -2.65. The molecule has 3 fully saturated rings. The Balaban J connectivity index is 1.02. The summed E-state index contributed by atoms with van der Waals surface area (Å²) >= 11 is 14.5. The van der Waals surface area contributed by atoms with E-state index in [2.05, 4.69) is 60.1 Å². The lowest BCUT2D eigenvalue weighted by Gasteiger charge is -2.46. The summed E-state index contributed by atoms with van der Waals surface area (Å²) in [5, 5.41) is 217. The first-order valence-corrected chi connectivity index (χ1v) is 46.8. The number of hydrogen-bond acceptors (Lipinski definition) is 36. The second kappa shape index (κ2) is 49.5. The fraction of sp³-hybridized carbons (Fsp3) is 0.576. The number of rotatable bonds is 37. The van der Waals surface area contributed by atoms with Crippen LogP contribution in [-0.4, -0.2) is 315 Å². The van der Waals surface area contributed by atoms with Gasteiger partial charge in [-0.1, -0.05) is 127 Å². The van der Waals surface area contributed by atoms with Gasteiger partial charge < -0.3 is 178 Å². The molecule has 7 unspecified atom stereocenters. The Morgan fingerprint density at radius 3 is 1.78 bits per heavy atom. The first kappa shape index (κ1) is 109. The number of aromatic hydroxyl groups is 3. The van der Waals surface area contributed by atoms with Crippen molar-refractivity contribution in [2.24, 2.45) is 11.7 Å². The maximum absolute atomic E-state index is 16.5. The molecule has 0 saturated carbocycles. The number of amides is 9. The molecule has 5 aromatic carbocycles. The van der Waals surface area contributed by atoms with E-state index in [1.54, 1.807) is 20.8 Å². The van der Waals surface area contributed by atoms with Crippen LogP contribution >= 0.6 is 23.2 Å². The number of phenolic OH excluding ortho intramolecular Hbond substituents is 3. The number of primary amides is 1. The molecular formula is C92H125Cl2N11O34.